The molecule has 0 bridgehead atoms. The van der Waals surface area contributed by atoms with Crippen molar-refractivity contribution in [2.45, 2.75) is 52.9 Å². The second kappa shape index (κ2) is 5.99. The van der Waals surface area contributed by atoms with Crippen molar-refractivity contribution in [2.75, 3.05) is 0 Å². The van der Waals surface area contributed by atoms with E-state index in [4.69, 9.17) is 4.74 Å². The van der Waals surface area contributed by atoms with Gasteiger partial charge >= 0.3 is 0 Å². The van der Waals surface area contributed by atoms with Gasteiger partial charge in [-0.15, -0.1) is 0 Å². The highest BCUT2D eigenvalue weighted by atomic mass is 19.1. The summed E-state index contributed by atoms with van der Waals surface area (Å²) in [5.41, 5.74) is 3.58. The van der Waals surface area contributed by atoms with Crippen molar-refractivity contribution in [3.63, 3.8) is 0 Å². The minimum Gasteiger partial charge on any atom is -0.457 e. The molecule has 0 radical (unpaired) electrons. The second-order valence-electron chi connectivity index (χ2n) is 7.55. The van der Waals surface area contributed by atoms with Gasteiger partial charge in [0.2, 0.25) is 0 Å². The van der Waals surface area contributed by atoms with E-state index in [-0.39, 0.29) is 11.2 Å². The van der Waals surface area contributed by atoms with Crippen LogP contribution in [0.4, 0.5) is 4.39 Å². The zero-order valence-corrected chi connectivity index (χ0v) is 14.4. The molecule has 0 aliphatic carbocycles. The molecule has 1 heterocycles. The van der Waals surface area contributed by atoms with Crippen LogP contribution in [0.3, 0.4) is 0 Å². The summed E-state index contributed by atoms with van der Waals surface area (Å²) >= 11 is 0. The van der Waals surface area contributed by atoms with E-state index in [9.17, 15) is 4.39 Å². The van der Waals surface area contributed by atoms with Gasteiger partial charge in [-0.2, -0.15) is 0 Å². The number of hydrogen-bond donors (Lipinski definition) is 0. The Kier molecular flexibility index (Phi) is 4.18. The molecular weight excluding hydrogens is 287 g/mol. The van der Waals surface area contributed by atoms with Gasteiger partial charge in [-0.3, -0.25) is 0 Å². The van der Waals surface area contributed by atoms with E-state index in [1.165, 1.54) is 17.2 Å². The van der Waals surface area contributed by atoms with Crippen molar-refractivity contribution in [3.8, 4) is 11.5 Å². The zero-order chi connectivity index (χ0) is 16.6. The molecule has 23 heavy (non-hydrogen) atoms. The molecule has 3 rings (SSSR count). The average molecular weight is 312 g/mol. The molecule has 1 atom stereocenters. The van der Waals surface area contributed by atoms with Crippen molar-refractivity contribution < 1.29 is 9.13 Å². The van der Waals surface area contributed by atoms with Gasteiger partial charge in [-0.05, 0) is 72.9 Å². The molecule has 1 aliphatic heterocycles. The molecule has 1 unspecified atom stereocenters. The maximum atomic E-state index is 13.7. The Labute approximate surface area is 138 Å². The lowest BCUT2D eigenvalue weighted by molar-refractivity contribution is 0.299. The van der Waals surface area contributed by atoms with Crippen LogP contribution in [0.2, 0.25) is 0 Å². The molecule has 2 aromatic carbocycles. The SMILES string of the molecule is CCC1CC(C)(C)Cc2cc(F)ccc2Oc2ccc(C)cc21. The first-order chi connectivity index (χ1) is 10.9. The number of benzene rings is 2. The molecule has 2 heteroatoms. The van der Waals surface area contributed by atoms with E-state index in [0.29, 0.717) is 5.92 Å². The molecule has 1 nitrogen and oxygen atoms in total. The number of ether oxygens (including phenoxy) is 1. The van der Waals surface area contributed by atoms with E-state index < -0.39 is 0 Å². The third-order valence-electron chi connectivity index (χ3n) is 4.81. The molecular formula is C21H25FO. The van der Waals surface area contributed by atoms with Crippen LogP contribution in [0.15, 0.2) is 36.4 Å². The largest absolute Gasteiger partial charge is 0.457 e. The molecule has 0 N–H and O–H groups in total. The van der Waals surface area contributed by atoms with Crippen molar-refractivity contribution in [1.29, 1.82) is 0 Å². The lowest BCUT2D eigenvalue weighted by Gasteiger charge is -2.29. The molecule has 0 amide bonds. The van der Waals surface area contributed by atoms with Gasteiger partial charge in [-0.1, -0.05) is 38.5 Å². The summed E-state index contributed by atoms with van der Waals surface area (Å²) in [5.74, 6) is 1.95. The summed E-state index contributed by atoms with van der Waals surface area (Å²) in [6, 6.07) is 11.2. The van der Waals surface area contributed by atoms with Gasteiger partial charge < -0.3 is 4.74 Å². The number of rotatable bonds is 1. The highest BCUT2D eigenvalue weighted by Crippen LogP contribution is 2.44. The first kappa shape index (κ1) is 16.0. The minimum absolute atomic E-state index is 0.0952. The number of aryl methyl sites for hydroxylation is 1. The molecule has 0 saturated carbocycles. The molecule has 0 aromatic heterocycles. The number of halogens is 1. The van der Waals surface area contributed by atoms with Crippen LogP contribution < -0.4 is 4.74 Å². The molecule has 2 aromatic rings. The predicted molar refractivity (Wildman–Crippen MR) is 92.8 cm³/mol. The Balaban J connectivity index is 2.17. The van der Waals surface area contributed by atoms with Crippen molar-refractivity contribution in [3.05, 3.63) is 58.9 Å². The predicted octanol–water partition coefficient (Wildman–Crippen LogP) is 6.39. The van der Waals surface area contributed by atoms with Crippen LogP contribution in [-0.2, 0) is 6.42 Å². The summed E-state index contributed by atoms with van der Waals surface area (Å²) in [4.78, 5) is 0. The van der Waals surface area contributed by atoms with E-state index in [2.05, 4.69) is 45.9 Å². The Bertz CT molecular complexity index is 718. The van der Waals surface area contributed by atoms with Crippen molar-refractivity contribution in [2.24, 2.45) is 5.41 Å². The summed E-state index contributed by atoms with van der Waals surface area (Å²) < 4.78 is 19.9. The van der Waals surface area contributed by atoms with E-state index >= 15 is 0 Å². The van der Waals surface area contributed by atoms with Crippen LogP contribution in [0, 0.1) is 18.2 Å². The van der Waals surface area contributed by atoms with Crippen molar-refractivity contribution in [1.82, 2.24) is 0 Å². The van der Waals surface area contributed by atoms with Gasteiger partial charge in [0.25, 0.3) is 0 Å². The lowest BCUT2D eigenvalue weighted by Crippen LogP contribution is -2.18. The Morgan fingerprint density at radius 1 is 1.13 bits per heavy atom. The Morgan fingerprint density at radius 2 is 1.87 bits per heavy atom. The topological polar surface area (TPSA) is 9.23 Å². The second-order valence-corrected chi connectivity index (χ2v) is 7.55. The van der Waals surface area contributed by atoms with Crippen LogP contribution >= 0.6 is 0 Å². The van der Waals surface area contributed by atoms with E-state index in [0.717, 1.165) is 36.3 Å². The smallest absolute Gasteiger partial charge is 0.130 e. The Hall–Kier alpha value is -1.83. The number of fused-ring (bicyclic) bond motifs is 2. The first-order valence-corrected chi connectivity index (χ1v) is 8.45. The van der Waals surface area contributed by atoms with E-state index in [1.807, 2.05) is 0 Å². The molecule has 0 fully saturated rings. The molecule has 1 aliphatic rings. The van der Waals surface area contributed by atoms with Gasteiger partial charge in [0.05, 0.1) is 0 Å². The normalized spacial score (nSPS) is 19.6. The summed E-state index contributed by atoms with van der Waals surface area (Å²) in [6.45, 7) is 8.89. The van der Waals surface area contributed by atoms with Gasteiger partial charge in [0.15, 0.2) is 0 Å². The highest BCUT2D eigenvalue weighted by Gasteiger charge is 2.29. The van der Waals surface area contributed by atoms with Gasteiger partial charge in [-0.25, -0.2) is 4.39 Å². The summed E-state index contributed by atoms with van der Waals surface area (Å²) in [6.07, 6.45) is 2.97. The van der Waals surface area contributed by atoms with Crippen LogP contribution in [0.5, 0.6) is 11.5 Å². The first-order valence-electron chi connectivity index (χ1n) is 8.45. The van der Waals surface area contributed by atoms with Gasteiger partial charge in [0, 0.05) is 0 Å². The third-order valence-corrected chi connectivity index (χ3v) is 4.81. The monoisotopic (exact) mass is 312 g/mol. The van der Waals surface area contributed by atoms with Crippen LogP contribution in [-0.4, -0.2) is 0 Å². The lowest BCUT2D eigenvalue weighted by atomic mass is 9.75. The molecule has 122 valence electrons. The highest BCUT2D eigenvalue weighted by molar-refractivity contribution is 5.45. The summed E-state index contributed by atoms with van der Waals surface area (Å²) in [7, 11) is 0. The average Bonchev–Trinajstić information content (AvgIpc) is 2.52. The quantitative estimate of drug-likeness (QED) is 0.592. The van der Waals surface area contributed by atoms with E-state index in [1.54, 1.807) is 12.1 Å². The fourth-order valence-electron chi connectivity index (χ4n) is 3.71. The molecule has 0 spiro atoms. The zero-order valence-electron chi connectivity index (χ0n) is 14.4. The standard InChI is InChI=1S/C21H25FO/c1-5-15-12-21(3,4)13-16-11-17(22)7-9-19(16)23-20-8-6-14(2)10-18(15)20/h6-11,15H,5,12-13H2,1-4H3. The fourth-order valence-corrected chi connectivity index (χ4v) is 3.71. The third kappa shape index (κ3) is 3.41. The van der Waals surface area contributed by atoms with Crippen molar-refractivity contribution >= 4 is 0 Å². The Morgan fingerprint density at radius 3 is 2.61 bits per heavy atom. The van der Waals surface area contributed by atoms with Crippen LogP contribution in [0.1, 0.15) is 56.2 Å². The number of hydrogen-bond acceptors (Lipinski definition) is 1. The fraction of sp³-hybridized carbons (Fsp3) is 0.429. The van der Waals surface area contributed by atoms with Crippen LogP contribution in [0.25, 0.3) is 0 Å². The molecule has 0 saturated heterocycles. The maximum Gasteiger partial charge on any atom is 0.130 e. The summed E-state index contributed by atoms with van der Waals surface area (Å²) in [5, 5.41) is 0. The maximum absolute atomic E-state index is 13.7. The van der Waals surface area contributed by atoms with Gasteiger partial charge in [0.1, 0.15) is 17.3 Å². The minimum atomic E-state index is -0.196.